The maximum absolute atomic E-state index is 6.31. The van der Waals surface area contributed by atoms with Crippen molar-refractivity contribution in [2.24, 2.45) is 0 Å². The van der Waals surface area contributed by atoms with Crippen molar-refractivity contribution in [1.29, 1.82) is 0 Å². The van der Waals surface area contributed by atoms with Gasteiger partial charge in [0.1, 0.15) is 5.75 Å². The maximum Gasteiger partial charge on any atom is 0.250 e. The average molecular weight is 310 g/mol. The lowest BCUT2D eigenvalue weighted by Crippen LogP contribution is -2.43. The fourth-order valence-electron chi connectivity index (χ4n) is 1.79. The molecule has 0 radical (unpaired) electrons. The Labute approximate surface area is 128 Å². The summed E-state index contributed by atoms with van der Waals surface area (Å²) in [5, 5.41) is 2.42. The Morgan fingerprint density at radius 1 is 1.05 bits per heavy atom. The number of benzene rings is 2. The van der Waals surface area contributed by atoms with Gasteiger partial charge in [0, 0.05) is 11.1 Å². The molecule has 0 aliphatic carbocycles. The first kappa shape index (κ1) is 16.9. The van der Waals surface area contributed by atoms with E-state index in [0.29, 0.717) is 0 Å². The van der Waals surface area contributed by atoms with Gasteiger partial charge in [-0.2, -0.15) is 0 Å². The van der Waals surface area contributed by atoms with Gasteiger partial charge in [0.2, 0.25) is 8.32 Å². The van der Waals surface area contributed by atoms with Gasteiger partial charge < -0.3 is 10.2 Å². The summed E-state index contributed by atoms with van der Waals surface area (Å²) >= 11 is 0. The summed E-state index contributed by atoms with van der Waals surface area (Å²) in [4.78, 5) is 0. The van der Waals surface area contributed by atoms with Crippen LogP contribution in [0.3, 0.4) is 0 Å². The van der Waals surface area contributed by atoms with E-state index < -0.39 is 8.32 Å². The summed E-state index contributed by atoms with van der Waals surface area (Å²) in [5.74, 6) is 0.928. The SMILES string of the molecule is CC(C)(C)[Si](C)(C)Oc1ccc2cccc(N)c2c1.Cl. The molecule has 110 valence electrons. The van der Waals surface area contributed by atoms with Crippen LogP contribution in [0, 0.1) is 0 Å². The van der Waals surface area contributed by atoms with E-state index in [1.807, 2.05) is 18.2 Å². The molecule has 0 aliphatic rings. The molecule has 0 atom stereocenters. The molecule has 0 heterocycles. The minimum atomic E-state index is -1.79. The lowest BCUT2D eigenvalue weighted by Gasteiger charge is -2.36. The first-order chi connectivity index (χ1) is 8.71. The van der Waals surface area contributed by atoms with Crippen LogP contribution in [-0.2, 0) is 0 Å². The molecule has 2 aromatic carbocycles. The smallest absolute Gasteiger partial charge is 0.250 e. The third-order valence-electron chi connectivity index (χ3n) is 4.07. The molecule has 0 unspecified atom stereocenters. The van der Waals surface area contributed by atoms with E-state index in [9.17, 15) is 0 Å². The number of nitrogens with two attached hydrogens (primary N) is 1. The highest BCUT2D eigenvalue weighted by Gasteiger charge is 2.38. The summed E-state index contributed by atoms with van der Waals surface area (Å²) in [6.45, 7) is 11.2. The van der Waals surface area contributed by atoms with Gasteiger partial charge in [0.05, 0.1) is 0 Å². The lowest BCUT2D eigenvalue weighted by atomic mass is 10.1. The highest BCUT2D eigenvalue weighted by molar-refractivity contribution is 6.74. The zero-order valence-corrected chi connectivity index (χ0v) is 14.7. The fourth-order valence-corrected chi connectivity index (χ4v) is 2.81. The normalized spacial score (nSPS) is 12.1. The van der Waals surface area contributed by atoms with E-state index in [1.54, 1.807) is 0 Å². The molecule has 2 N–H and O–H groups in total. The van der Waals surface area contributed by atoms with Crippen LogP contribution >= 0.6 is 12.4 Å². The number of rotatable bonds is 2. The van der Waals surface area contributed by atoms with Crippen LogP contribution in [0.5, 0.6) is 5.75 Å². The number of hydrogen-bond donors (Lipinski definition) is 1. The van der Waals surface area contributed by atoms with Gasteiger partial charge in [0.15, 0.2) is 0 Å². The van der Waals surface area contributed by atoms with Crippen molar-refractivity contribution >= 4 is 37.2 Å². The quantitative estimate of drug-likeness (QED) is 0.609. The molecule has 20 heavy (non-hydrogen) atoms. The Morgan fingerprint density at radius 3 is 2.30 bits per heavy atom. The van der Waals surface area contributed by atoms with Crippen molar-refractivity contribution in [2.75, 3.05) is 5.73 Å². The van der Waals surface area contributed by atoms with E-state index in [1.165, 1.54) is 0 Å². The van der Waals surface area contributed by atoms with Crippen molar-refractivity contribution in [3.63, 3.8) is 0 Å². The molecular formula is C16H24ClNOSi. The second-order valence-corrected chi connectivity index (χ2v) is 11.3. The molecule has 0 saturated carbocycles. The Bertz CT molecular complexity index is 605. The third-order valence-corrected chi connectivity index (χ3v) is 8.42. The summed E-state index contributed by atoms with van der Waals surface area (Å²) in [5.41, 5.74) is 6.83. The van der Waals surface area contributed by atoms with Crippen LogP contribution in [0.4, 0.5) is 5.69 Å². The third kappa shape index (κ3) is 3.28. The van der Waals surface area contributed by atoms with E-state index in [4.69, 9.17) is 10.2 Å². The highest BCUT2D eigenvalue weighted by atomic mass is 35.5. The largest absolute Gasteiger partial charge is 0.543 e. The molecule has 0 amide bonds. The van der Waals surface area contributed by atoms with Crippen molar-refractivity contribution in [3.8, 4) is 5.75 Å². The molecule has 2 aromatic rings. The molecule has 0 saturated heterocycles. The van der Waals surface area contributed by atoms with Crippen molar-refractivity contribution in [1.82, 2.24) is 0 Å². The molecule has 2 nitrogen and oxygen atoms in total. The van der Waals surface area contributed by atoms with Crippen molar-refractivity contribution in [3.05, 3.63) is 36.4 Å². The Morgan fingerprint density at radius 2 is 1.70 bits per heavy atom. The van der Waals surface area contributed by atoms with Crippen molar-refractivity contribution < 1.29 is 4.43 Å². The van der Waals surface area contributed by atoms with Crippen LogP contribution in [0.1, 0.15) is 20.8 Å². The van der Waals surface area contributed by atoms with Gasteiger partial charge in [-0.1, -0.05) is 39.0 Å². The average Bonchev–Trinajstić information content (AvgIpc) is 2.28. The van der Waals surface area contributed by atoms with Gasteiger partial charge >= 0.3 is 0 Å². The molecule has 0 bridgehead atoms. The monoisotopic (exact) mass is 309 g/mol. The van der Waals surface area contributed by atoms with Gasteiger partial charge in [-0.25, -0.2) is 0 Å². The summed E-state index contributed by atoms with van der Waals surface area (Å²) in [7, 11) is -1.79. The van der Waals surface area contributed by atoms with Crippen LogP contribution in [0.25, 0.3) is 10.8 Å². The van der Waals surface area contributed by atoms with Crippen LogP contribution in [0.15, 0.2) is 36.4 Å². The van der Waals surface area contributed by atoms with Crippen LogP contribution in [-0.4, -0.2) is 8.32 Å². The van der Waals surface area contributed by atoms with Gasteiger partial charge in [-0.05, 0) is 41.7 Å². The maximum atomic E-state index is 6.31. The highest BCUT2D eigenvalue weighted by Crippen LogP contribution is 2.38. The minimum Gasteiger partial charge on any atom is -0.543 e. The number of hydrogen-bond acceptors (Lipinski definition) is 2. The van der Waals surface area contributed by atoms with Gasteiger partial charge in [-0.3, -0.25) is 0 Å². The first-order valence-electron chi connectivity index (χ1n) is 6.68. The summed E-state index contributed by atoms with van der Waals surface area (Å²) in [6, 6.07) is 12.2. The predicted octanol–water partition coefficient (Wildman–Crippen LogP) is 5.23. The molecule has 0 spiro atoms. The topological polar surface area (TPSA) is 35.2 Å². The number of anilines is 1. The number of fused-ring (bicyclic) bond motifs is 1. The molecule has 0 fully saturated rings. The second kappa shape index (κ2) is 5.66. The second-order valence-electron chi connectivity index (χ2n) is 6.59. The summed E-state index contributed by atoms with van der Waals surface area (Å²) < 4.78 is 6.31. The summed E-state index contributed by atoms with van der Waals surface area (Å²) in [6.07, 6.45) is 0. The fraction of sp³-hybridized carbons (Fsp3) is 0.375. The van der Waals surface area contributed by atoms with E-state index >= 15 is 0 Å². The van der Waals surface area contributed by atoms with E-state index in [0.717, 1.165) is 22.2 Å². The Balaban J connectivity index is 0.00000200. The zero-order chi connectivity index (χ0) is 14.3. The number of halogens is 1. The Kier molecular flexibility index (Phi) is 4.77. The standard InChI is InChI=1S/C16H23NOSi.ClH/c1-16(2,3)19(4,5)18-13-10-9-12-7-6-8-15(17)14(12)11-13;/h6-11H,17H2,1-5H3;1H. The van der Waals surface area contributed by atoms with Gasteiger partial charge in [0.25, 0.3) is 0 Å². The molecular weight excluding hydrogens is 286 g/mol. The van der Waals surface area contributed by atoms with Gasteiger partial charge in [-0.15, -0.1) is 12.4 Å². The zero-order valence-electron chi connectivity index (χ0n) is 12.9. The van der Waals surface area contributed by atoms with E-state index in [2.05, 4.69) is 52.1 Å². The molecule has 4 heteroatoms. The van der Waals surface area contributed by atoms with Crippen molar-refractivity contribution in [2.45, 2.75) is 38.9 Å². The lowest BCUT2D eigenvalue weighted by molar-refractivity contribution is 0.493. The Hall–Kier alpha value is -1.19. The molecule has 0 aromatic heterocycles. The van der Waals surface area contributed by atoms with Crippen LogP contribution < -0.4 is 10.2 Å². The first-order valence-corrected chi connectivity index (χ1v) is 9.59. The number of nitrogen functional groups attached to an aromatic ring is 1. The molecule has 0 aliphatic heterocycles. The van der Waals surface area contributed by atoms with Crippen LogP contribution in [0.2, 0.25) is 18.1 Å². The van der Waals surface area contributed by atoms with E-state index in [-0.39, 0.29) is 17.4 Å². The minimum absolute atomic E-state index is 0. The predicted molar refractivity (Wildman–Crippen MR) is 93.4 cm³/mol. The molecule has 2 rings (SSSR count).